The highest BCUT2D eigenvalue weighted by Crippen LogP contribution is 2.19. The van der Waals surface area contributed by atoms with E-state index in [0.717, 1.165) is 11.3 Å². The number of ether oxygens (including phenoxy) is 1. The fourth-order valence-electron chi connectivity index (χ4n) is 1.82. The van der Waals surface area contributed by atoms with Crippen LogP contribution in [-0.4, -0.2) is 26.5 Å². The van der Waals surface area contributed by atoms with Gasteiger partial charge in [0.05, 0.1) is 7.11 Å². The van der Waals surface area contributed by atoms with Gasteiger partial charge in [-0.05, 0) is 37.2 Å². The molecule has 1 aromatic carbocycles. The summed E-state index contributed by atoms with van der Waals surface area (Å²) in [5.41, 5.74) is 0.750. The Morgan fingerprint density at radius 2 is 1.88 bits per heavy atom. The van der Waals surface area contributed by atoms with Crippen LogP contribution < -0.4 is 10.1 Å². The van der Waals surface area contributed by atoms with Crippen LogP contribution in [0.25, 0.3) is 0 Å². The summed E-state index contributed by atoms with van der Waals surface area (Å²) in [6.45, 7) is 4.86. The smallest absolute Gasteiger partial charge is 0.167 e. The second kappa shape index (κ2) is 6.40. The van der Waals surface area contributed by atoms with E-state index in [2.05, 4.69) is 19.2 Å². The molecule has 0 aromatic heterocycles. The van der Waals surface area contributed by atoms with Crippen LogP contribution in [0.15, 0.2) is 24.3 Å². The number of hydrogen-bond acceptors (Lipinski definition) is 3. The summed E-state index contributed by atoms with van der Waals surface area (Å²) in [6.07, 6.45) is 0. The van der Waals surface area contributed by atoms with Gasteiger partial charge in [0, 0.05) is 18.0 Å². The maximum Gasteiger partial charge on any atom is 0.167 e. The van der Waals surface area contributed by atoms with Crippen LogP contribution in [0.2, 0.25) is 0 Å². The molecule has 0 heterocycles. The van der Waals surface area contributed by atoms with E-state index in [-0.39, 0.29) is 11.7 Å². The molecule has 0 aliphatic heterocycles. The van der Waals surface area contributed by atoms with Crippen LogP contribution >= 0.6 is 0 Å². The van der Waals surface area contributed by atoms with Crippen molar-refractivity contribution in [2.24, 2.45) is 11.8 Å². The van der Waals surface area contributed by atoms with Crippen LogP contribution in [-0.2, 0) is 0 Å². The van der Waals surface area contributed by atoms with Crippen molar-refractivity contribution in [1.82, 2.24) is 5.32 Å². The number of carbonyl (C=O) groups excluding carboxylic acids is 1. The molecule has 0 aliphatic rings. The molecule has 1 aromatic rings. The molecule has 3 nitrogen and oxygen atoms in total. The van der Waals surface area contributed by atoms with E-state index in [4.69, 9.17) is 4.74 Å². The van der Waals surface area contributed by atoms with E-state index < -0.39 is 0 Å². The van der Waals surface area contributed by atoms with Gasteiger partial charge in [0.2, 0.25) is 0 Å². The zero-order valence-electron chi connectivity index (χ0n) is 11.0. The van der Waals surface area contributed by atoms with Gasteiger partial charge >= 0.3 is 0 Å². The fourth-order valence-corrected chi connectivity index (χ4v) is 1.82. The molecular weight excluding hydrogens is 214 g/mol. The first-order chi connectivity index (χ1) is 8.10. The van der Waals surface area contributed by atoms with E-state index in [0.29, 0.717) is 12.5 Å². The topological polar surface area (TPSA) is 38.3 Å². The van der Waals surface area contributed by atoms with Crippen LogP contribution in [0, 0.1) is 11.8 Å². The zero-order chi connectivity index (χ0) is 12.8. The summed E-state index contributed by atoms with van der Waals surface area (Å²) in [6, 6.07) is 7.30. The number of methoxy groups -OCH3 is 1. The zero-order valence-corrected chi connectivity index (χ0v) is 11.0. The summed E-state index contributed by atoms with van der Waals surface area (Å²) in [5.74, 6) is 1.32. The number of Topliss-reactive ketones (excluding diaryl/α,β-unsaturated/α-hetero) is 1. The molecule has 1 rings (SSSR count). The molecule has 1 unspecified atom stereocenters. The number of rotatable bonds is 6. The molecular formula is C14H21NO2. The molecule has 0 saturated carbocycles. The molecule has 3 heteroatoms. The quantitative estimate of drug-likeness (QED) is 0.769. The average Bonchev–Trinajstić information content (AvgIpc) is 2.35. The minimum absolute atomic E-state index is 0.0217. The molecule has 0 fully saturated rings. The highest BCUT2D eigenvalue weighted by molar-refractivity contribution is 5.98. The van der Waals surface area contributed by atoms with E-state index in [1.165, 1.54) is 0 Å². The van der Waals surface area contributed by atoms with Crippen LogP contribution in [0.4, 0.5) is 0 Å². The first-order valence-electron chi connectivity index (χ1n) is 5.93. The largest absolute Gasteiger partial charge is 0.497 e. The number of hydrogen-bond donors (Lipinski definition) is 1. The number of ketones is 1. The summed E-state index contributed by atoms with van der Waals surface area (Å²) >= 11 is 0. The predicted molar refractivity (Wildman–Crippen MR) is 69.6 cm³/mol. The average molecular weight is 235 g/mol. The number of carbonyl (C=O) groups is 1. The lowest BCUT2D eigenvalue weighted by Gasteiger charge is -2.19. The Morgan fingerprint density at radius 1 is 1.29 bits per heavy atom. The molecule has 0 aliphatic carbocycles. The third kappa shape index (κ3) is 3.56. The Morgan fingerprint density at radius 3 is 2.29 bits per heavy atom. The molecule has 0 radical (unpaired) electrons. The molecule has 94 valence electrons. The fraction of sp³-hybridized carbons (Fsp3) is 0.500. The van der Waals surface area contributed by atoms with Crippen molar-refractivity contribution in [2.75, 3.05) is 20.7 Å². The van der Waals surface area contributed by atoms with Crippen molar-refractivity contribution in [3.05, 3.63) is 29.8 Å². The highest BCUT2D eigenvalue weighted by atomic mass is 16.5. The van der Waals surface area contributed by atoms with E-state index in [1.54, 1.807) is 7.11 Å². The summed E-state index contributed by atoms with van der Waals surface area (Å²) < 4.78 is 5.08. The van der Waals surface area contributed by atoms with Gasteiger partial charge in [-0.2, -0.15) is 0 Å². The second-order valence-corrected chi connectivity index (χ2v) is 4.50. The highest BCUT2D eigenvalue weighted by Gasteiger charge is 2.22. The maximum atomic E-state index is 12.3. The molecule has 0 saturated heterocycles. The van der Waals surface area contributed by atoms with Gasteiger partial charge in [-0.1, -0.05) is 13.8 Å². The van der Waals surface area contributed by atoms with E-state index in [1.807, 2.05) is 31.3 Å². The summed E-state index contributed by atoms with van der Waals surface area (Å²) in [5, 5.41) is 3.08. The first kappa shape index (κ1) is 13.7. The SMILES string of the molecule is CNCC(C(=O)c1ccc(OC)cc1)C(C)C. The lowest BCUT2D eigenvalue weighted by molar-refractivity contribution is 0.0886. The molecule has 0 bridgehead atoms. The third-order valence-electron chi connectivity index (χ3n) is 2.94. The lowest BCUT2D eigenvalue weighted by Crippen LogP contribution is -2.30. The number of benzene rings is 1. The standard InChI is InChI=1S/C14H21NO2/c1-10(2)13(9-15-3)14(16)11-5-7-12(17-4)8-6-11/h5-8,10,13,15H,9H2,1-4H3. The van der Waals surface area contributed by atoms with Crippen molar-refractivity contribution < 1.29 is 9.53 Å². The van der Waals surface area contributed by atoms with Crippen LogP contribution in [0.1, 0.15) is 24.2 Å². The minimum Gasteiger partial charge on any atom is -0.497 e. The van der Waals surface area contributed by atoms with Gasteiger partial charge in [0.1, 0.15) is 5.75 Å². The Bertz CT molecular complexity index is 357. The van der Waals surface area contributed by atoms with E-state index in [9.17, 15) is 4.79 Å². The van der Waals surface area contributed by atoms with Crippen molar-refractivity contribution in [2.45, 2.75) is 13.8 Å². The molecule has 0 amide bonds. The van der Waals surface area contributed by atoms with E-state index >= 15 is 0 Å². The van der Waals surface area contributed by atoms with Crippen molar-refractivity contribution >= 4 is 5.78 Å². The van der Waals surface area contributed by atoms with Crippen molar-refractivity contribution in [3.63, 3.8) is 0 Å². The normalized spacial score (nSPS) is 12.5. The Hall–Kier alpha value is -1.35. The second-order valence-electron chi connectivity index (χ2n) is 4.50. The minimum atomic E-state index is 0.0217. The Labute approximate surface area is 103 Å². The third-order valence-corrected chi connectivity index (χ3v) is 2.94. The first-order valence-corrected chi connectivity index (χ1v) is 5.93. The lowest BCUT2D eigenvalue weighted by atomic mass is 9.88. The van der Waals surface area contributed by atoms with Gasteiger partial charge in [0.25, 0.3) is 0 Å². The summed E-state index contributed by atoms with van der Waals surface area (Å²) in [4.78, 5) is 12.3. The molecule has 1 atom stereocenters. The molecule has 17 heavy (non-hydrogen) atoms. The molecule has 0 spiro atoms. The molecule has 1 N–H and O–H groups in total. The maximum absolute atomic E-state index is 12.3. The van der Waals surface area contributed by atoms with Gasteiger partial charge in [-0.25, -0.2) is 0 Å². The Balaban J connectivity index is 2.85. The van der Waals surface area contributed by atoms with Gasteiger partial charge < -0.3 is 10.1 Å². The van der Waals surface area contributed by atoms with Gasteiger partial charge in [-0.3, -0.25) is 4.79 Å². The van der Waals surface area contributed by atoms with Crippen LogP contribution in [0.3, 0.4) is 0 Å². The number of nitrogens with one attached hydrogen (secondary N) is 1. The monoisotopic (exact) mass is 235 g/mol. The van der Waals surface area contributed by atoms with Crippen molar-refractivity contribution in [1.29, 1.82) is 0 Å². The van der Waals surface area contributed by atoms with Crippen molar-refractivity contribution in [3.8, 4) is 5.75 Å². The van der Waals surface area contributed by atoms with Gasteiger partial charge in [0.15, 0.2) is 5.78 Å². The van der Waals surface area contributed by atoms with Gasteiger partial charge in [-0.15, -0.1) is 0 Å². The summed E-state index contributed by atoms with van der Waals surface area (Å²) in [7, 11) is 3.49. The Kier molecular flexibility index (Phi) is 5.16. The van der Waals surface area contributed by atoms with Crippen LogP contribution in [0.5, 0.6) is 5.75 Å². The predicted octanol–water partition coefficient (Wildman–Crippen LogP) is 2.37.